The quantitative estimate of drug-likeness (QED) is 0.693. The molecular formula is C10H13N3O4. The predicted octanol–water partition coefficient (Wildman–Crippen LogP) is -0.786. The van der Waals surface area contributed by atoms with Crippen LogP contribution in [0.4, 0.5) is 0 Å². The highest BCUT2D eigenvalue weighted by Gasteiger charge is 2.16. The summed E-state index contributed by atoms with van der Waals surface area (Å²) in [5.41, 5.74) is 4.56. The van der Waals surface area contributed by atoms with Gasteiger partial charge in [0.1, 0.15) is 12.1 Å². The molecular weight excluding hydrogens is 226 g/mol. The molecule has 0 saturated carbocycles. The van der Waals surface area contributed by atoms with Gasteiger partial charge in [-0.3, -0.25) is 9.59 Å². The first kappa shape index (κ1) is 12.9. The maximum Gasteiger partial charge on any atom is 0.343 e. The Morgan fingerprint density at radius 3 is 2.71 bits per heavy atom. The van der Waals surface area contributed by atoms with Crippen LogP contribution in [0, 0.1) is 6.92 Å². The molecule has 0 unspecified atom stereocenters. The number of primary amides is 1. The van der Waals surface area contributed by atoms with Gasteiger partial charge in [-0.25, -0.2) is 9.48 Å². The zero-order valence-electron chi connectivity index (χ0n) is 9.60. The molecule has 0 spiro atoms. The highest BCUT2D eigenvalue weighted by atomic mass is 16.5. The predicted molar refractivity (Wildman–Crippen MR) is 58.4 cm³/mol. The minimum Gasteiger partial charge on any atom is -0.462 e. The first-order valence-corrected chi connectivity index (χ1v) is 5.00. The van der Waals surface area contributed by atoms with E-state index in [-0.39, 0.29) is 18.7 Å². The highest BCUT2D eigenvalue weighted by Crippen LogP contribution is 1.98. The van der Waals surface area contributed by atoms with Gasteiger partial charge in [0, 0.05) is 0 Å². The van der Waals surface area contributed by atoms with Gasteiger partial charge in [-0.15, -0.1) is 0 Å². The summed E-state index contributed by atoms with van der Waals surface area (Å²) in [5, 5.41) is 3.81. The van der Waals surface area contributed by atoms with E-state index in [2.05, 4.69) is 5.10 Å². The molecule has 2 N–H and O–H groups in total. The molecule has 1 aromatic rings. The summed E-state index contributed by atoms with van der Waals surface area (Å²) in [6.45, 7) is 3.02. The van der Waals surface area contributed by atoms with Crippen LogP contribution in [-0.4, -0.2) is 28.3 Å². The maximum atomic E-state index is 11.8. The number of hydrogen-bond acceptors (Lipinski definition) is 5. The number of nitrogens with two attached hydrogens (primary N) is 1. The Bertz CT molecular complexity index is 507. The van der Waals surface area contributed by atoms with E-state index in [1.54, 1.807) is 13.8 Å². The lowest BCUT2D eigenvalue weighted by Crippen LogP contribution is -2.34. The molecule has 7 nitrogen and oxygen atoms in total. The van der Waals surface area contributed by atoms with Crippen molar-refractivity contribution in [1.82, 2.24) is 9.78 Å². The van der Waals surface area contributed by atoms with Gasteiger partial charge in [0.25, 0.3) is 5.56 Å². The molecule has 0 atom stereocenters. The van der Waals surface area contributed by atoms with Crippen molar-refractivity contribution in [2.45, 2.75) is 20.4 Å². The first-order valence-electron chi connectivity index (χ1n) is 5.00. The van der Waals surface area contributed by atoms with E-state index in [1.807, 2.05) is 0 Å². The van der Waals surface area contributed by atoms with Gasteiger partial charge in [0.05, 0.1) is 12.3 Å². The Labute approximate surface area is 97.2 Å². The van der Waals surface area contributed by atoms with Crippen LogP contribution >= 0.6 is 0 Å². The van der Waals surface area contributed by atoms with Crippen molar-refractivity contribution in [3.63, 3.8) is 0 Å². The van der Waals surface area contributed by atoms with Crippen molar-refractivity contribution >= 4 is 11.9 Å². The van der Waals surface area contributed by atoms with Crippen LogP contribution in [0.3, 0.4) is 0 Å². The third-order valence-corrected chi connectivity index (χ3v) is 1.90. The van der Waals surface area contributed by atoms with Crippen molar-refractivity contribution in [2.75, 3.05) is 6.61 Å². The summed E-state index contributed by atoms with van der Waals surface area (Å²) in [5.74, 6) is -1.44. The molecule has 7 heteroatoms. The van der Waals surface area contributed by atoms with Gasteiger partial charge in [0.2, 0.25) is 5.91 Å². The van der Waals surface area contributed by atoms with Gasteiger partial charge in [-0.1, -0.05) is 0 Å². The molecule has 0 aromatic carbocycles. The van der Waals surface area contributed by atoms with Crippen LogP contribution in [0.2, 0.25) is 0 Å². The number of aryl methyl sites for hydroxylation is 1. The minimum atomic E-state index is -0.735. The van der Waals surface area contributed by atoms with Crippen LogP contribution in [0.25, 0.3) is 0 Å². The average molecular weight is 239 g/mol. The number of carbonyl (C=O) groups excluding carboxylic acids is 2. The molecule has 17 heavy (non-hydrogen) atoms. The molecule has 0 aliphatic carbocycles. The van der Waals surface area contributed by atoms with Crippen molar-refractivity contribution < 1.29 is 14.3 Å². The Balaban J connectivity index is 3.23. The lowest BCUT2D eigenvalue weighted by atomic mass is 10.2. The lowest BCUT2D eigenvalue weighted by Gasteiger charge is -2.06. The fourth-order valence-corrected chi connectivity index (χ4v) is 1.28. The number of ether oxygens (including phenoxy) is 1. The standard InChI is InChI=1S/C10H13N3O4/c1-3-17-10(16)7-4-6(2)12-13(9(7)15)5-8(11)14/h4H,3,5H2,1-2H3,(H2,11,14). The Morgan fingerprint density at radius 2 is 2.18 bits per heavy atom. The van der Waals surface area contributed by atoms with Crippen LogP contribution < -0.4 is 11.3 Å². The third-order valence-electron chi connectivity index (χ3n) is 1.90. The van der Waals surface area contributed by atoms with Gasteiger partial charge in [0.15, 0.2) is 0 Å². The molecule has 0 aliphatic heterocycles. The molecule has 92 valence electrons. The topological polar surface area (TPSA) is 104 Å². The first-order chi connectivity index (χ1) is 7.95. The summed E-state index contributed by atoms with van der Waals surface area (Å²) < 4.78 is 5.58. The average Bonchev–Trinajstić information content (AvgIpc) is 2.22. The molecule has 0 radical (unpaired) electrons. The molecule has 1 amide bonds. The van der Waals surface area contributed by atoms with Crippen LogP contribution in [0.15, 0.2) is 10.9 Å². The number of carbonyl (C=O) groups is 2. The summed E-state index contributed by atoms with van der Waals surface area (Å²) in [4.78, 5) is 34.0. The zero-order chi connectivity index (χ0) is 13.0. The van der Waals surface area contributed by atoms with Gasteiger partial charge >= 0.3 is 5.97 Å². The largest absolute Gasteiger partial charge is 0.462 e. The van der Waals surface area contributed by atoms with Crippen molar-refractivity contribution in [3.8, 4) is 0 Å². The normalized spacial score (nSPS) is 10.0. The van der Waals surface area contributed by atoms with E-state index in [0.717, 1.165) is 4.68 Å². The molecule has 1 aromatic heterocycles. The highest BCUT2D eigenvalue weighted by molar-refractivity contribution is 5.89. The van der Waals surface area contributed by atoms with E-state index in [0.29, 0.717) is 5.69 Å². The Morgan fingerprint density at radius 1 is 1.53 bits per heavy atom. The third kappa shape index (κ3) is 3.13. The second-order valence-electron chi connectivity index (χ2n) is 3.35. The Kier molecular flexibility index (Phi) is 3.97. The van der Waals surface area contributed by atoms with E-state index in [4.69, 9.17) is 10.5 Å². The number of hydrogen-bond donors (Lipinski definition) is 1. The van der Waals surface area contributed by atoms with Gasteiger partial charge in [-0.2, -0.15) is 5.10 Å². The number of rotatable bonds is 4. The van der Waals surface area contributed by atoms with Crippen LogP contribution in [-0.2, 0) is 16.1 Å². The van der Waals surface area contributed by atoms with E-state index in [1.165, 1.54) is 6.07 Å². The van der Waals surface area contributed by atoms with Crippen molar-refractivity contribution in [2.24, 2.45) is 5.73 Å². The van der Waals surface area contributed by atoms with E-state index < -0.39 is 17.4 Å². The second kappa shape index (κ2) is 5.24. The molecule has 0 aliphatic rings. The molecule has 0 fully saturated rings. The lowest BCUT2D eigenvalue weighted by molar-refractivity contribution is -0.118. The zero-order valence-corrected chi connectivity index (χ0v) is 9.60. The number of esters is 1. The summed E-state index contributed by atoms with van der Waals surface area (Å²) in [6, 6.07) is 1.32. The fourth-order valence-electron chi connectivity index (χ4n) is 1.28. The number of amides is 1. The SMILES string of the molecule is CCOC(=O)c1cc(C)nn(CC(N)=O)c1=O. The Hall–Kier alpha value is -2.18. The summed E-state index contributed by atoms with van der Waals surface area (Å²) in [6.07, 6.45) is 0. The smallest absolute Gasteiger partial charge is 0.343 e. The van der Waals surface area contributed by atoms with Gasteiger partial charge in [-0.05, 0) is 19.9 Å². The maximum absolute atomic E-state index is 11.8. The van der Waals surface area contributed by atoms with Crippen molar-refractivity contribution in [1.29, 1.82) is 0 Å². The van der Waals surface area contributed by atoms with Crippen LogP contribution in [0.5, 0.6) is 0 Å². The monoisotopic (exact) mass is 239 g/mol. The second-order valence-corrected chi connectivity index (χ2v) is 3.35. The van der Waals surface area contributed by atoms with Crippen LogP contribution in [0.1, 0.15) is 23.0 Å². The van der Waals surface area contributed by atoms with Crippen molar-refractivity contribution in [3.05, 3.63) is 27.7 Å². The molecule has 1 rings (SSSR count). The molecule has 1 heterocycles. The number of nitrogens with zero attached hydrogens (tertiary/aromatic N) is 2. The summed E-state index contributed by atoms with van der Waals surface area (Å²) >= 11 is 0. The number of aromatic nitrogens is 2. The van der Waals surface area contributed by atoms with E-state index in [9.17, 15) is 14.4 Å². The minimum absolute atomic E-state index is 0.152. The molecule has 0 bridgehead atoms. The molecule has 0 saturated heterocycles. The summed E-state index contributed by atoms with van der Waals surface area (Å²) in [7, 11) is 0. The van der Waals surface area contributed by atoms with E-state index >= 15 is 0 Å². The fraction of sp³-hybridized carbons (Fsp3) is 0.400. The van der Waals surface area contributed by atoms with Gasteiger partial charge < -0.3 is 10.5 Å².